The van der Waals surface area contributed by atoms with Crippen LogP contribution >= 0.6 is 0 Å². The first-order valence-electron chi connectivity index (χ1n) is 7.58. The number of nitrogens with zero attached hydrogens (tertiary/aromatic N) is 1. The molecular weight excluding hydrogens is 306 g/mol. The molecule has 2 aromatic rings. The van der Waals surface area contributed by atoms with Crippen molar-refractivity contribution in [1.29, 1.82) is 0 Å². The standard InChI is InChI=1S/C18H19N3O3/c1-2-24-16(22)13-19-21-18(20-15-11-7-4-8-12-15)17(23)14-9-5-3-6-10-14/h3-12,19H,2,13H2,1H3,(H,20,21). The number of hydrazine groups is 1. The molecule has 2 N–H and O–H groups in total. The van der Waals surface area contributed by atoms with Crippen LogP contribution in [0.2, 0.25) is 0 Å². The molecule has 0 aromatic heterocycles. The van der Waals surface area contributed by atoms with Gasteiger partial charge in [0, 0.05) is 5.56 Å². The summed E-state index contributed by atoms with van der Waals surface area (Å²) in [5.41, 5.74) is 6.50. The number of para-hydroxylation sites is 1. The summed E-state index contributed by atoms with van der Waals surface area (Å²) in [7, 11) is 0. The predicted molar refractivity (Wildman–Crippen MR) is 92.1 cm³/mol. The zero-order chi connectivity index (χ0) is 17.2. The molecule has 124 valence electrons. The normalized spacial score (nSPS) is 11.0. The lowest BCUT2D eigenvalue weighted by Crippen LogP contribution is -2.44. The van der Waals surface area contributed by atoms with Gasteiger partial charge in [-0.3, -0.25) is 9.59 Å². The first kappa shape index (κ1) is 17.4. The number of hydrogen-bond acceptors (Lipinski definition) is 5. The van der Waals surface area contributed by atoms with Gasteiger partial charge in [0.2, 0.25) is 5.78 Å². The second kappa shape index (κ2) is 9.22. The van der Waals surface area contributed by atoms with Gasteiger partial charge in [0.25, 0.3) is 0 Å². The number of ether oxygens (including phenoxy) is 1. The maximum absolute atomic E-state index is 12.6. The summed E-state index contributed by atoms with van der Waals surface area (Å²) in [6.07, 6.45) is 0. The van der Waals surface area contributed by atoms with E-state index in [9.17, 15) is 9.59 Å². The van der Waals surface area contributed by atoms with E-state index in [4.69, 9.17) is 4.74 Å². The Labute approximate surface area is 140 Å². The molecule has 0 radical (unpaired) electrons. The lowest BCUT2D eigenvalue weighted by molar-refractivity contribution is -0.142. The van der Waals surface area contributed by atoms with Gasteiger partial charge in [-0.25, -0.2) is 10.4 Å². The minimum atomic E-state index is -0.420. The largest absolute Gasteiger partial charge is 0.465 e. The van der Waals surface area contributed by atoms with Crippen LogP contribution in [0.15, 0.2) is 65.7 Å². The SMILES string of the molecule is CCOC(=O)CNNC(=Nc1ccccc1)C(=O)c1ccccc1. The minimum absolute atomic E-state index is 0.0796. The van der Waals surface area contributed by atoms with E-state index in [1.165, 1.54) is 0 Å². The van der Waals surface area contributed by atoms with Crippen LogP contribution in [0, 0.1) is 0 Å². The maximum atomic E-state index is 12.6. The van der Waals surface area contributed by atoms with Gasteiger partial charge in [0.15, 0.2) is 5.84 Å². The molecule has 0 spiro atoms. The van der Waals surface area contributed by atoms with Gasteiger partial charge in [0.05, 0.1) is 12.3 Å². The third-order valence-corrected chi connectivity index (χ3v) is 2.99. The lowest BCUT2D eigenvalue weighted by Gasteiger charge is -2.10. The molecule has 0 aliphatic carbocycles. The number of esters is 1. The van der Waals surface area contributed by atoms with Crippen LogP contribution in [0.1, 0.15) is 17.3 Å². The number of hydrogen-bond donors (Lipinski definition) is 2. The maximum Gasteiger partial charge on any atom is 0.321 e. The monoisotopic (exact) mass is 325 g/mol. The zero-order valence-electron chi connectivity index (χ0n) is 13.4. The highest BCUT2D eigenvalue weighted by Crippen LogP contribution is 2.11. The van der Waals surface area contributed by atoms with Crippen molar-refractivity contribution >= 4 is 23.3 Å². The highest BCUT2D eigenvalue weighted by Gasteiger charge is 2.14. The van der Waals surface area contributed by atoms with Crippen LogP contribution < -0.4 is 10.9 Å². The fraction of sp³-hybridized carbons (Fsp3) is 0.167. The Morgan fingerprint density at radius 1 is 1.00 bits per heavy atom. The Kier molecular flexibility index (Phi) is 6.67. The summed E-state index contributed by atoms with van der Waals surface area (Å²) in [6, 6.07) is 17.9. The van der Waals surface area contributed by atoms with E-state index < -0.39 is 5.97 Å². The van der Waals surface area contributed by atoms with Crippen molar-refractivity contribution in [2.45, 2.75) is 6.92 Å². The number of Topliss-reactive ketones (excluding diaryl/α,β-unsaturated/α-hetero) is 1. The number of carbonyl (C=O) groups excluding carboxylic acids is 2. The Hall–Kier alpha value is -2.99. The zero-order valence-corrected chi connectivity index (χ0v) is 13.4. The Morgan fingerprint density at radius 2 is 1.62 bits per heavy atom. The van der Waals surface area contributed by atoms with E-state index >= 15 is 0 Å². The number of carbonyl (C=O) groups is 2. The molecule has 0 atom stereocenters. The average molecular weight is 325 g/mol. The predicted octanol–water partition coefficient (Wildman–Crippen LogP) is 2.26. The van der Waals surface area contributed by atoms with Crippen molar-refractivity contribution in [3.05, 3.63) is 66.2 Å². The Morgan fingerprint density at radius 3 is 2.25 bits per heavy atom. The minimum Gasteiger partial charge on any atom is -0.465 e. The molecule has 0 saturated carbocycles. The number of ketones is 1. The van der Waals surface area contributed by atoms with Gasteiger partial charge >= 0.3 is 5.97 Å². The van der Waals surface area contributed by atoms with Crippen LogP contribution in [-0.4, -0.2) is 30.7 Å². The van der Waals surface area contributed by atoms with Crippen LogP contribution in [0.5, 0.6) is 0 Å². The number of amidine groups is 1. The molecule has 0 fully saturated rings. The van der Waals surface area contributed by atoms with Crippen LogP contribution in [0.3, 0.4) is 0 Å². The second-order valence-corrected chi connectivity index (χ2v) is 4.77. The van der Waals surface area contributed by atoms with Gasteiger partial charge in [-0.1, -0.05) is 48.5 Å². The average Bonchev–Trinajstić information content (AvgIpc) is 2.62. The number of nitrogens with one attached hydrogen (secondary N) is 2. The Bertz CT molecular complexity index is 700. The molecule has 0 heterocycles. The molecule has 24 heavy (non-hydrogen) atoms. The van der Waals surface area contributed by atoms with E-state index in [2.05, 4.69) is 15.8 Å². The quantitative estimate of drug-likeness (QED) is 0.268. The summed E-state index contributed by atoms with van der Waals surface area (Å²) >= 11 is 0. The summed E-state index contributed by atoms with van der Waals surface area (Å²) in [5, 5.41) is 0. The van der Waals surface area contributed by atoms with E-state index in [1.54, 1.807) is 43.3 Å². The van der Waals surface area contributed by atoms with Crippen molar-refractivity contribution in [2.24, 2.45) is 4.99 Å². The van der Waals surface area contributed by atoms with Crippen molar-refractivity contribution in [3.8, 4) is 0 Å². The van der Waals surface area contributed by atoms with Gasteiger partial charge in [-0.15, -0.1) is 0 Å². The molecule has 0 aliphatic heterocycles. The first-order valence-corrected chi connectivity index (χ1v) is 7.58. The van der Waals surface area contributed by atoms with Gasteiger partial charge < -0.3 is 10.2 Å². The van der Waals surface area contributed by atoms with Crippen molar-refractivity contribution in [3.63, 3.8) is 0 Å². The molecule has 0 bridgehead atoms. The fourth-order valence-electron chi connectivity index (χ4n) is 1.91. The molecule has 2 aromatic carbocycles. The van der Waals surface area contributed by atoms with E-state index in [0.717, 1.165) is 0 Å². The van der Waals surface area contributed by atoms with E-state index in [1.807, 2.05) is 24.3 Å². The van der Waals surface area contributed by atoms with Gasteiger partial charge in [-0.2, -0.15) is 0 Å². The fourth-order valence-corrected chi connectivity index (χ4v) is 1.91. The summed E-state index contributed by atoms with van der Waals surface area (Å²) in [5.74, 6) is -0.608. The molecule has 0 amide bonds. The second-order valence-electron chi connectivity index (χ2n) is 4.77. The topological polar surface area (TPSA) is 79.8 Å². The van der Waals surface area contributed by atoms with Gasteiger partial charge in [0.1, 0.15) is 6.54 Å². The number of aliphatic imine (C=N–C) groups is 1. The first-order chi connectivity index (χ1) is 11.7. The van der Waals surface area contributed by atoms with Crippen molar-refractivity contribution in [1.82, 2.24) is 10.9 Å². The third-order valence-electron chi connectivity index (χ3n) is 2.99. The smallest absolute Gasteiger partial charge is 0.321 e. The molecule has 6 nitrogen and oxygen atoms in total. The molecular formula is C18H19N3O3. The molecule has 2 rings (SSSR count). The van der Waals surface area contributed by atoms with E-state index in [-0.39, 0.29) is 18.2 Å². The van der Waals surface area contributed by atoms with Crippen molar-refractivity contribution in [2.75, 3.05) is 13.2 Å². The number of rotatable bonds is 7. The molecule has 0 unspecified atom stereocenters. The molecule has 6 heteroatoms. The third kappa shape index (κ3) is 5.33. The lowest BCUT2D eigenvalue weighted by atomic mass is 10.1. The molecule has 0 aliphatic rings. The summed E-state index contributed by atoms with van der Waals surface area (Å²) < 4.78 is 4.82. The number of benzene rings is 2. The van der Waals surface area contributed by atoms with Crippen LogP contribution in [0.4, 0.5) is 5.69 Å². The Balaban J connectivity index is 2.14. The van der Waals surface area contributed by atoms with Crippen molar-refractivity contribution < 1.29 is 14.3 Å². The van der Waals surface area contributed by atoms with Crippen LogP contribution in [-0.2, 0) is 9.53 Å². The highest BCUT2D eigenvalue weighted by molar-refractivity contribution is 6.45. The highest BCUT2D eigenvalue weighted by atomic mass is 16.5. The molecule has 0 saturated heterocycles. The van der Waals surface area contributed by atoms with Gasteiger partial charge in [-0.05, 0) is 19.1 Å². The van der Waals surface area contributed by atoms with E-state index in [0.29, 0.717) is 17.9 Å². The summed E-state index contributed by atoms with van der Waals surface area (Å²) in [4.78, 5) is 28.3. The summed E-state index contributed by atoms with van der Waals surface area (Å²) in [6.45, 7) is 1.95. The van der Waals surface area contributed by atoms with Crippen LogP contribution in [0.25, 0.3) is 0 Å².